The summed E-state index contributed by atoms with van der Waals surface area (Å²) in [4.78, 5) is 4.99. The second-order valence-corrected chi connectivity index (χ2v) is 5.17. The van der Waals surface area contributed by atoms with Crippen molar-refractivity contribution in [3.63, 3.8) is 0 Å². The molecular formula is C11H9Cl2NOS. The maximum absolute atomic E-state index is 10.0. The monoisotopic (exact) mass is 273 g/mol. The molecule has 2 aromatic rings. The third-order valence-corrected chi connectivity index (χ3v) is 3.56. The lowest BCUT2D eigenvalue weighted by Crippen LogP contribution is -2.01. The average Bonchev–Trinajstić information content (AvgIpc) is 2.70. The van der Waals surface area contributed by atoms with Crippen LogP contribution in [0.2, 0.25) is 10.0 Å². The van der Waals surface area contributed by atoms with Crippen LogP contribution in [0.5, 0.6) is 0 Å². The summed E-state index contributed by atoms with van der Waals surface area (Å²) in [7, 11) is 0. The van der Waals surface area contributed by atoms with Gasteiger partial charge in [-0.1, -0.05) is 29.3 Å². The topological polar surface area (TPSA) is 33.1 Å². The summed E-state index contributed by atoms with van der Waals surface area (Å²) in [5, 5.41) is 11.1. The number of thiazole rings is 1. The summed E-state index contributed by atoms with van der Waals surface area (Å²) in [5.41, 5.74) is 2.44. The Morgan fingerprint density at radius 1 is 1.38 bits per heavy atom. The van der Waals surface area contributed by atoms with Crippen LogP contribution in [0.3, 0.4) is 0 Å². The second kappa shape index (κ2) is 5.15. The lowest BCUT2D eigenvalue weighted by atomic mass is 10.1. The molecule has 1 N–H and O–H groups in total. The van der Waals surface area contributed by atoms with Crippen molar-refractivity contribution in [2.75, 3.05) is 0 Å². The maximum Gasteiger partial charge on any atom is 0.0853 e. The van der Waals surface area contributed by atoms with E-state index in [2.05, 4.69) is 4.98 Å². The van der Waals surface area contributed by atoms with E-state index in [1.165, 1.54) is 11.3 Å². The van der Waals surface area contributed by atoms with E-state index in [1.54, 1.807) is 29.9 Å². The van der Waals surface area contributed by atoms with Crippen molar-refractivity contribution >= 4 is 34.5 Å². The van der Waals surface area contributed by atoms with Gasteiger partial charge in [0.05, 0.1) is 11.6 Å². The number of hydrogen-bond acceptors (Lipinski definition) is 3. The first-order valence-electron chi connectivity index (χ1n) is 4.67. The highest BCUT2D eigenvalue weighted by Crippen LogP contribution is 2.28. The summed E-state index contributed by atoms with van der Waals surface area (Å²) in [6, 6.07) is 5.10. The van der Waals surface area contributed by atoms with Crippen LogP contribution in [0.25, 0.3) is 0 Å². The number of benzene rings is 1. The Bertz CT molecular complexity index is 473. The van der Waals surface area contributed by atoms with Gasteiger partial charge in [-0.05, 0) is 17.7 Å². The Labute approximate surface area is 107 Å². The number of hydrogen-bond donors (Lipinski definition) is 1. The minimum Gasteiger partial charge on any atom is -0.388 e. The van der Waals surface area contributed by atoms with Gasteiger partial charge >= 0.3 is 0 Å². The Morgan fingerprint density at radius 2 is 2.19 bits per heavy atom. The van der Waals surface area contributed by atoms with Crippen LogP contribution in [0.4, 0.5) is 0 Å². The smallest absolute Gasteiger partial charge is 0.0853 e. The standard InChI is InChI=1S/C11H9Cl2NOS/c12-7-1-2-9(10(13)3-7)11(15)4-8-5-14-6-16-8/h1-3,5-6,11,15H,4H2. The SMILES string of the molecule is OC(Cc1cncs1)c1ccc(Cl)cc1Cl. The van der Waals surface area contributed by atoms with E-state index in [-0.39, 0.29) is 0 Å². The fourth-order valence-electron chi connectivity index (χ4n) is 1.42. The van der Waals surface area contributed by atoms with Crippen molar-refractivity contribution in [3.8, 4) is 0 Å². The van der Waals surface area contributed by atoms with Crippen LogP contribution in [0.15, 0.2) is 29.9 Å². The molecule has 0 fully saturated rings. The van der Waals surface area contributed by atoms with Gasteiger partial charge in [-0.15, -0.1) is 11.3 Å². The highest BCUT2D eigenvalue weighted by molar-refractivity contribution is 7.09. The Hall–Kier alpha value is -0.610. The van der Waals surface area contributed by atoms with Gasteiger partial charge < -0.3 is 5.11 Å². The summed E-state index contributed by atoms with van der Waals surface area (Å²) >= 11 is 13.3. The number of nitrogens with zero attached hydrogens (tertiary/aromatic N) is 1. The number of aliphatic hydroxyl groups is 1. The van der Waals surface area contributed by atoms with Crippen LogP contribution in [-0.2, 0) is 6.42 Å². The van der Waals surface area contributed by atoms with E-state index >= 15 is 0 Å². The average molecular weight is 274 g/mol. The fourth-order valence-corrected chi connectivity index (χ4v) is 2.58. The van der Waals surface area contributed by atoms with Crippen LogP contribution in [0.1, 0.15) is 16.5 Å². The molecule has 2 nitrogen and oxygen atoms in total. The van der Waals surface area contributed by atoms with Gasteiger partial charge in [0.15, 0.2) is 0 Å². The van der Waals surface area contributed by atoms with Crippen molar-refractivity contribution < 1.29 is 5.11 Å². The van der Waals surface area contributed by atoms with Crippen molar-refractivity contribution in [2.45, 2.75) is 12.5 Å². The lowest BCUT2D eigenvalue weighted by molar-refractivity contribution is 0.179. The number of aliphatic hydroxyl groups excluding tert-OH is 1. The predicted molar refractivity (Wildman–Crippen MR) is 67.2 cm³/mol. The highest BCUT2D eigenvalue weighted by atomic mass is 35.5. The Morgan fingerprint density at radius 3 is 2.81 bits per heavy atom. The Balaban J connectivity index is 2.17. The van der Waals surface area contributed by atoms with E-state index in [0.29, 0.717) is 22.0 Å². The minimum atomic E-state index is -0.620. The molecule has 0 saturated heterocycles. The zero-order valence-corrected chi connectivity index (χ0v) is 10.6. The molecule has 0 amide bonds. The predicted octanol–water partition coefficient (Wildman–Crippen LogP) is 3.73. The molecule has 1 heterocycles. The van der Waals surface area contributed by atoms with Gasteiger partial charge in [-0.2, -0.15) is 0 Å². The molecule has 5 heteroatoms. The summed E-state index contributed by atoms with van der Waals surface area (Å²) in [5.74, 6) is 0. The van der Waals surface area contributed by atoms with E-state index in [1.807, 2.05) is 0 Å². The lowest BCUT2D eigenvalue weighted by Gasteiger charge is -2.11. The minimum absolute atomic E-state index is 0.490. The molecule has 2 rings (SSSR count). The van der Waals surface area contributed by atoms with Gasteiger partial charge in [-0.3, -0.25) is 4.98 Å². The van der Waals surface area contributed by atoms with Crippen molar-refractivity contribution in [3.05, 3.63) is 50.4 Å². The highest BCUT2D eigenvalue weighted by Gasteiger charge is 2.13. The number of halogens is 2. The largest absolute Gasteiger partial charge is 0.388 e. The molecular weight excluding hydrogens is 265 g/mol. The molecule has 1 unspecified atom stereocenters. The van der Waals surface area contributed by atoms with E-state index in [4.69, 9.17) is 23.2 Å². The molecule has 0 aliphatic carbocycles. The van der Waals surface area contributed by atoms with E-state index in [0.717, 1.165) is 4.88 Å². The van der Waals surface area contributed by atoms with Crippen molar-refractivity contribution in [1.29, 1.82) is 0 Å². The first-order valence-corrected chi connectivity index (χ1v) is 6.31. The Kier molecular flexibility index (Phi) is 3.82. The molecule has 16 heavy (non-hydrogen) atoms. The third kappa shape index (κ3) is 2.74. The first kappa shape index (κ1) is 11.9. The van der Waals surface area contributed by atoms with Crippen LogP contribution < -0.4 is 0 Å². The zero-order chi connectivity index (χ0) is 11.5. The summed E-state index contributed by atoms with van der Waals surface area (Å²) < 4.78 is 0. The summed E-state index contributed by atoms with van der Waals surface area (Å²) in [6.07, 6.45) is 1.65. The zero-order valence-electron chi connectivity index (χ0n) is 8.23. The van der Waals surface area contributed by atoms with Crippen molar-refractivity contribution in [2.24, 2.45) is 0 Å². The molecule has 0 saturated carbocycles. The van der Waals surface area contributed by atoms with Crippen LogP contribution in [-0.4, -0.2) is 10.1 Å². The molecule has 1 aromatic carbocycles. The third-order valence-electron chi connectivity index (χ3n) is 2.20. The fraction of sp³-hybridized carbons (Fsp3) is 0.182. The molecule has 0 spiro atoms. The molecule has 1 aromatic heterocycles. The molecule has 0 aliphatic rings. The van der Waals surface area contributed by atoms with Crippen molar-refractivity contribution in [1.82, 2.24) is 4.98 Å². The summed E-state index contributed by atoms with van der Waals surface area (Å²) in [6.45, 7) is 0. The molecule has 84 valence electrons. The van der Waals surface area contributed by atoms with Crippen LogP contribution in [0, 0.1) is 0 Å². The van der Waals surface area contributed by atoms with Gasteiger partial charge in [0.1, 0.15) is 0 Å². The maximum atomic E-state index is 10.0. The van der Waals surface area contributed by atoms with E-state index in [9.17, 15) is 5.11 Å². The van der Waals surface area contributed by atoms with Gasteiger partial charge in [-0.25, -0.2) is 0 Å². The molecule has 1 atom stereocenters. The normalized spacial score (nSPS) is 12.7. The molecule has 0 aliphatic heterocycles. The molecule has 0 radical (unpaired) electrons. The van der Waals surface area contributed by atoms with E-state index < -0.39 is 6.10 Å². The first-order chi connectivity index (χ1) is 7.66. The molecule has 0 bridgehead atoms. The second-order valence-electron chi connectivity index (χ2n) is 3.35. The van der Waals surface area contributed by atoms with Gasteiger partial charge in [0.25, 0.3) is 0 Å². The van der Waals surface area contributed by atoms with Gasteiger partial charge in [0, 0.05) is 27.5 Å². The number of rotatable bonds is 3. The quantitative estimate of drug-likeness (QED) is 0.925. The van der Waals surface area contributed by atoms with Gasteiger partial charge in [0.2, 0.25) is 0 Å². The number of aromatic nitrogens is 1. The van der Waals surface area contributed by atoms with Crippen LogP contribution >= 0.6 is 34.5 Å².